The fourth-order valence-electron chi connectivity index (χ4n) is 2.04. The van der Waals surface area contributed by atoms with Crippen molar-refractivity contribution in [2.45, 2.75) is 38.0 Å². The van der Waals surface area contributed by atoms with Crippen LogP contribution in [0.15, 0.2) is 6.20 Å². The molecule has 0 aromatic carbocycles. The number of aliphatic carboxylic acids is 1. The van der Waals surface area contributed by atoms with Crippen LogP contribution in [-0.4, -0.2) is 21.0 Å². The van der Waals surface area contributed by atoms with E-state index in [0.717, 1.165) is 5.82 Å². The van der Waals surface area contributed by atoms with Crippen LogP contribution in [0.5, 0.6) is 0 Å². The fourth-order valence-corrected chi connectivity index (χ4v) is 2.04. The molecule has 2 rings (SSSR count). The normalized spacial score (nSPS) is 17.4. The van der Waals surface area contributed by atoms with E-state index >= 15 is 0 Å². The van der Waals surface area contributed by atoms with Crippen molar-refractivity contribution >= 4 is 5.97 Å². The Morgan fingerprint density at radius 1 is 1.57 bits per heavy atom. The summed E-state index contributed by atoms with van der Waals surface area (Å²) >= 11 is 0. The molecule has 0 spiro atoms. The first-order valence-corrected chi connectivity index (χ1v) is 5.01. The molecule has 1 aromatic rings. The number of imidazole rings is 1. The molecule has 1 fully saturated rings. The smallest absolute Gasteiger partial charge is 0.309 e. The summed E-state index contributed by atoms with van der Waals surface area (Å²) in [7, 11) is 0. The second kappa shape index (κ2) is 3.82. The second-order valence-electron chi connectivity index (χ2n) is 3.85. The molecule has 0 unspecified atom stereocenters. The molecular formula is C10H14N2O2. The van der Waals surface area contributed by atoms with Crippen LogP contribution in [0.2, 0.25) is 0 Å². The molecule has 76 valence electrons. The number of nitrogens with one attached hydrogen (secondary N) is 1. The summed E-state index contributed by atoms with van der Waals surface area (Å²) in [5.41, 5.74) is 0.708. The number of carboxylic acids is 1. The molecule has 0 aliphatic heterocycles. The lowest BCUT2D eigenvalue weighted by atomic mass is 10.1. The molecule has 1 saturated carbocycles. The van der Waals surface area contributed by atoms with Gasteiger partial charge in [-0.25, -0.2) is 4.98 Å². The Hall–Kier alpha value is -1.32. The van der Waals surface area contributed by atoms with Crippen LogP contribution in [-0.2, 0) is 11.2 Å². The number of hydrogen-bond acceptors (Lipinski definition) is 2. The van der Waals surface area contributed by atoms with Gasteiger partial charge < -0.3 is 10.1 Å². The fraction of sp³-hybridized carbons (Fsp3) is 0.600. The molecule has 1 aliphatic rings. The first-order chi connectivity index (χ1) is 6.75. The number of carboxylic acid groups (broad SMARTS) is 1. The standard InChI is InChI=1S/C10H14N2O2/c13-9(14)5-8-6-11-10(12-8)7-3-1-2-4-7/h6-7H,1-5H2,(H,11,12)(H,13,14). The van der Waals surface area contributed by atoms with Gasteiger partial charge in [-0.1, -0.05) is 12.8 Å². The highest BCUT2D eigenvalue weighted by Gasteiger charge is 2.19. The lowest BCUT2D eigenvalue weighted by molar-refractivity contribution is -0.136. The van der Waals surface area contributed by atoms with E-state index in [1.165, 1.54) is 25.7 Å². The van der Waals surface area contributed by atoms with E-state index in [-0.39, 0.29) is 6.42 Å². The monoisotopic (exact) mass is 194 g/mol. The molecular weight excluding hydrogens is 180 g/mol. The Labute approximate surface area is 82.4 Å². The first kappa shape index (κ1) is 9.24. The Kier molecular flexibility index (Phi) is 2.52. The van der Waals surface area contributed by atoms with Gasteiger partial charge in [0.15, 0.2) is 0 Å². The highest BCUT2D eigenvalue weighted by Crippen LogP contribution is 2.32. The molecule has 1 heterocycles. The summed E-state index contributed by atoms with van der Waals surface area (Å²) in [4.78, 5) is 17.8. The van der Waals surface area contributed by atoms with Crippen molar-refractivity contribution in [2.75, 3.05) is 0 Å². The lowest BCUT2D eigenvalue weighted by Crippen LogP contribution is -2.01. The quantitative estimate of drug-likeness (QED) is 0.769. The highest BCUT2D eigenvalue weighted by atomic mass is 16.4. The minimum atomic E-state index is -0.813. The van der Waals surface area contributed by atoms with Crippen LogP contribution in [0.3, 0.4) is 0 Å². The zero-order chi connectivity index (χ0) is 9.97. The van der Waals surface area contributed by atoms with E-state index in [9.17, 15) is 4.79 Å². The van der Waals surface area contributed by atoms with Crippen molar-refractivity contribution in [3.63, 3.8) is 0 Å². The number of rotatable bonds is 3. The average molecular weight is 194 g/mol. The van der Waals surface area contributed by atoms with Gasteiger partial charge in [0.05, 0.1) is 6.42 Å². The van der Waals surface area contributed by atoms with Crippen LogP contribution in [0, 0.1) is 0 Å². The van der Waals surface area contributed by atoms with Gasteiger partial charge in [0.1, 0.15) is 5.82 Å². The van der Waals surface area contributed by atoms with Gasteiger partial charge in [0, 0.05) is 17.8 Å². The largest absolute Gasteiger partial charge is 0.481 e. The zero-order valence-corrected chi connectivity index (χ0v) is 7.99. The van der Waals surface area contributed by atoms with Crippen LogP contribution >= 0.6 is 0 Å². The van der Waals surface area contributed by atoms with Crippen LogP contribution in [0.4, 0.5) is 0 Å². The van der Waals surface area contributed by atoms with E-state index in [1.54, 1.807) is 6.20 Å². The summed E-state index contributed by atoms with van der Waals surface area (Å²) in [5.74, 6) is 0.683. The summed E-state index contributed by atoms with van der Waals surface area (Å²) in [6, 6.07) is 0. The van der Waals surface area contributed by atoms with Crippen molar-refractivity contribution in [3.8, 4) is 0 Å². The van der Waals surface area contributed by atoms with E-state index in [2.05, 4.69) is 9.97 Å². The molecule has 0 amide bonds. The van der Waals surface area contributed by atoms with Gasteiger partial charge in [-0.05, 0) is 12.8 Å². The topological polar surface area (TPSA) is 66.0 Å². The van der Waals surface area contributed by atoms with Gasteiger partial charge in [-0.3, -0.25) is 4.79 Å². The van der Waals surface area contributed by atoms with Crippen molar-refractivity contribution in [3.05, 3.63) is 17.7 Å². The summed E-state index contributed by atoms with van der Waals surface area (Å²) in [6.07, 6.45) is 6.57. The SMILES string of the molecule is O=C(O)Cc1cnc(C2CCCC2)[nH]1. The molecule has 0 saturated heterocycles. The van der Waals surface area contributed by atoms with Crippen LogP contribution < -0.4 is 0 Å². The molecule has 0 radical (unpaired) electrons. The van der Waals surface area contributed by atoms with Gasteiger partial charge in [-0.2, -0.15) is 0 Å². The Balaban J connectivity index is 2.05. The molecule has 1 aromatic heterocycles. The molecule has 0 atom stereocenters. The third-order valence-corrected chi connectivity index (χ3v) is 2.73. The Morgan fingerprint density at radius 2 is 2.29 bits per heavy atom. The van der Waals surface area contributed by atoms with E-state index in [1.807, 2.05) is 0 Å². The van der Waals surface area contributed by atoms with Gasteiger partial charge in [0.2, 0.25) is 0 Å². The number of H-pyrrole nitrogens is 1. The number of nitrogens with zero attached hydrogens (tertiary/aromatic N) is 1. The summed E-state index contributed by atoms with van der Waals surface area (Å²) in [5, 5.41) is 8.59. The van der Waals surface area contributed by atoms with Gasteiger partial charge >= 0.3 is 5.97 Å². The molecule has 2 N–H and O–H groups in total. The van der Waals surface area contributed by atoms with Crippen molar-refractivity contribution in [1.29, 1.82) is 0 Å². The molecule has 0 bridgehead atoms. The predicted molar refractivity (Wildman–Crippen MR) is 51.1 cm³/mol. The predicted octanol–water partition coefficient (Wildman–Crippen LogP) is 1.69. The Morgan fingerprint density at radius 3 is 2.93 bits per heavy atom. The summed E-state index contributed by atoms with van der Waals surface area (Å²) < 4.78 is 0. The average Bonchev–Trinajstić information content (AvgIpc) is 2.69. The maximum atomic E-state index is 10.5. The third kappa shape index (κ3) is 1.95. The lowest BCUT2D eigenvalue weighted by Gasteiger charge is -2.03. The van der Waals surface area contributed by atoms with Crippen molar-refractivity contribution in [1.82, 2.24) is 9.97 Å². The maximum Gasteiger partial charge on any atom is 0.309 e. The van der Waals surface area contributed by atoms with Crippen molar-refractivity contribution in [2.24, 2.45) is 0 Å². The third-order valence-electron chi connectivity index (χ3n) is 2.73. The Bertz CT molecular complexity index is 327. The number of carbonyl (C=O) groups is 1. The van der Waals surface area contributed by atoms with Crippen LogP contribution in [0.1, 0.15) is 43.1 Å². The molecule has 4 nitrogen and oxygen atoms in total. The minimum absolute atomic E-state index is 0.0414. The zero-order valence-electron chi connectivity index (χ0n) is 7.99. The van der Waals surface area contributed by atoms with E-state index < -0.39 is 5.97 Å². The van der Waals surface area contributed by atoms with Crippen LogP contribution in [0.25, 0.3) is 0 Å². The number of aromatic amines is 1. The van der Waals surface area contributed by atoms with Gasteiger partial charge in [-0.15, -0.1) is 0 Å². The second-order valence-corrected chi connectivity index (χ2v) is 3.85. The maximum absolute atomic E-state index is 10.5. The first-order valence-electron chi connectivity index (χ1n) is 5.01. The van der Waals surface area contributed by atoms with Crippen molar-refractivity contribution < 1.29 is 9.90 Å². The molecule has 14 heavy (non-hydrogen) atoms. The number of aromatic nitrogens is 2. The number of hydrogen-bond donors (Lipinski definition) is 2. The minimum Gasteiger partial charge on any atom is -0.481 e. The summed E-state index contributed by atoms with van der Waals surface area (Å²) in [6.45, 7) is 0. The molecule has 1 aliphatic carbocycles. The van der Waals surface area contributed by atoms with E-state index in [0.29, 0.717) is 11.6 Å². The van der Waals surface area contributed by atoms with E-state index in [4.69, 9.17) is 5.11 Å². The van der Waals surface area contributed by atoms with Gasteiger partial charge in [0.25, 0.3) is 0 Å². The highest BCUT2D eigenvalue weighted by molar-refractivity contribution is 5.69. The molecule has 4 heteroatoms.